The molecule has 2 N–H and O–H groups in total. The van der Waals surface area contributed by atoms with Gasteiger partial charge in [-0.1, -0.05) is 6.07 Å². The molecule has 1 amide bonds. The maximum Gasteiger partial charge on any atom is 0.252 e. The molecule has 1 saturated heterocycles. The molecular formula is C24H26N6O2. The van der Waals surface area contributed by atoms with Crippen molar-refractivity contribution in [2.75, 3.05) is 26.2 Å². The number of carbonyl (C=O) groups excluding carboxylic acids is 1. The number of hydrogen-bond donors (Lipinski definition) is 2. The molecule has 0 atom stereocenters. The Kier molecular flexibility index (Phi) is 6.47. The fraction of sp³-hybridized carbons (Fsp3) is 0.333. The van der Waals surface area contributed by atoms with E-state index in [4.69, 9.17) is 5.26 Å². The molecule has 0 aliphatic carbocycles. The molecule has 3 heterocycles. The van der Waals surface area contributed by atoms with Gasteiger partial charge in [-0.25, -0.2) is 4.98 Å². The molecule has 1 aliphatic heterocycles. The van der Waals surface area contributed by atoms with Crippen LogP contribution in [0.15, 0.2) is 42.7 Å². The van der Waals surface area contributed by atoms with Crippen LogP contribution >= 0.6 is 0 Å². The van der Waals surface area contributed by atoms with Gasteiger partial charge in [0.05, 0.1) is 29.0 Å². The first-order valence-corrected chi connectivity index (χ1v) is 10.8. The maximum absolute atomic E-state index is 12.4. The molecule has 1 aromatic carbocycles. The van der Waals surface area contributed by atoms with E-state index in [9.17, 15) is 9.90 Å². The van der Waals surface area contributed by atoms with Crippen molar-refractivity contribution in [1.29, 1.82) is 5.26 Å². The number of carbonyl (C=O) groups is 1. The van der Waals surface area contributed by atoms with Gasteiger partial charge in [-0.05, 0) is 81.2 Å². The van der Waals surface area contributed by atoms with Crippen molar-refractivity contribution in [3.63, 3.8) is 0 Å². The highest BCUT2D eigenvalue weighted by molar-refractivity contribution is 5.93. The minimum atomic E-state index is -0.163. The van der Waals surface area contributed by atoms with Crippen molar-refractivity contribution >= 4 is 5.91 Å². The summed E-state index contributed by atoms with van der Waals surface area (Å²) in [4.78, 5) is 19.1. The zero-order valence-corrected chi connectivity index (χ0v) is 18.1. The molecule has 0 radical (unpaired) electrons. The zero-order chi connectivity index (χ0) is 22.5. The number of rotatable bonds is 7. The summed E-state index contributed by atoms with van der Waals surface area (Å²) in [6.07, 6.45) is 6.51. The Balaban J connectivity index is 1.41. The van der Waals surface area contributed by atoms with Crippen LogP contribution in [0.25, 0.3) is 16.9 Å². The predicted octanol–water partition coefficient (Wildman–Crippen LogP) is 3.04. The number of pyridine rings is 1. The van der Waals surface area contributed by atoms with Gasteiger partial charge in [0, 0.05) is 12.7 Å². The molecule has 32 heavy (non-hydrogen) atoms. The zero-order valence-electron chi connectivity index (χ0n) is 18.1. The Morgan fingerprint density at radius 3 is 2.69 bits per heavy atom. The van der Waals surface area contributed by atoms with Gasteiger partial charge < -0.3 is 15.3 Å². The lowest BCUT2D eigenvalue weighted by molar-refractivity contribution is 0.0951. The van der Waals surface area contributed by atoms with Gasteiger partial charge in [-0.2, -0.15) is 15.0 Å². The lowest BCUT2D eigenvalue weighted by Gasteiger charge is -2.14. The van der Waals surface area contributed by atoms with E-state index < -0.39 is 0 Å². The van der Waals surface area contributed by atoms with Crippen molar-refractivity contribution in [2.45, 2.75) is 26.2 Å². The van der Waals surface area contributed by atoms with Crippen LogP contribution in [0.5, 0.6) is 5.88 Å². The molecule has 1 aliphatic rings. The molecule has 0 spiro atoms. The third-order valence-electron chi connectivity index (χ3n) is 5.75. The van der Waals surface area contributed by atoms with Crippen LogP contribution in [0.4, 0.5) is 0 Å². The molecule has 0 bridgehead atoms. The summed E-state index contributed by atoms with van der Waals surface area (Å²) in [6, 6.07) is 10.7. The first kappa shape index (κ1) is 21.5. The minimum absolute atomic E-state index is 0.0515. The number of likely N-dealkylation sites (tertiary alicyclic amines) is 1. The highest BCUT2D eigenvalue weighted by atomic mass is 16.3. The average Bonchev–Trinajstić information content (AvgIpc) is 3.46. The van der Waals surface area contributed by atoms with Crippen molar-refractivity contribution in [2.24, 2.45) is 0 Å². The van der Waals surface area contributed by atoms with Crippen LogP contribution in [0.1, 0.15) is 40.7 Å². The predicted molar refractivity (Wildman–Crippen MR) is 121 cm³/mol. The van der Waals surface area contributed by atoms with Gasteiger partial charge in [0.2, 0.25) is 5.88 Å². The normalized spacial score (nSPS) is 13.8. The van der Waals surface area contributed by atoms with E-state index >= 15 is 0 Å². The van der Waals surface area contributed by atoms with Crippen LogP contribution < -0.4 is 5.32 Å². The summed E-state index contributed by atoms with van der Waals surface area (Å²) in [5.41, 5.74) is 3.23. The Morgan fingerprint density at radius 1 is 1.19 bits per heavy atom. The highest BCUT2D eigenvalue weighted by Crippen LogP contribution is 2.33. The molecule has 4 rings (SSSR count). The SMILES string of the molecule is Cc1cc(C#N)ccc1-c1cnn(-c2ccc(C(=O)NCCCN3CCCC3)cn2)c1O. The smallest absolute Gasteiger partial charge is 0.252 e. The van der Waals surface area contributed by atoms with Crippen molar-refractivity contribution in [1.82, 2.24) is 25.0 Å². The molecule has 2 aromatic heterocycles. The number of hydrogen-bond acceptors (Lipinski definition) is 6. The standard InChI is InChI=1S/C24H26N6O2/c1-17-13-18(14-25)5-7-20(17)21-16-28-30(24(21)32)22-8-6-19(15-27-22)23(31)26-9-4-12-29-10-2-3-11-29/h5-8,13,15-16,32H,2-4,9-12H2,1H3,(H,26,31). The van der Waals surface area contributed by atoms with E-state index in [1.165, 1.54) is 23.7 Å². The number of aromatic hydroxyl groups is 1. The second-order valence-electron chi connectivity index (χ2n) is 8.00. The summed E-state index contributed by atoms with van der Waals surface area (Å²) in [6.45, 7) is 5.84. The maximum atomic E-state index is 12.4. The first-order chi connectivity index (χ1) is 15.6. The Morgan fingerprint density at radius 2 is 2.00 bits per heavy atom. The Bertz CT molecular complexity index is 1140. The fourth-order valence-electron chi connectivity index (χ4n) is 3.99. The van der Waals surface area contributed by atoms with E-state index in [2.05, 4.69) is 26.4 Å². The van der Waals surface area contributed by atoms with Crippen LogP contribution in [0.3, 0.4) is 0 Å². The average molecular weight is 431 g/mol. The van der Waals surface area contributed by atoms with Crippen molar-refractivity contribution in [3.05, 3.63) is 59.4 Å². The Hall–Kier alpha value is -3.70. The first-order valence-electron chi connectivity index (χ1n) is 10.8. The van der Waals surface area contributed by atoms with E-state index in [0.29, 0.717) is 29.1 Å². The van der Waals surface area contributed by atoms with E-state index in [1.54, 1.807) is 36.5 Å². The molecule has 3 aromatic rings. The number of nitrogens with zero attached hydrogens (tertiary/aromatic N) is 5. The number of nitrogens with one attached hydrogen (secondary N) is 1. The second kappa shape index (κ2) is 9.62. The quantitative estimate of drug-likeness (QED) is 0.558. The molecular weight excluding hydrogens is 404 g/mol. The second-order valence-corrected chi connectivity index (χ2v) is 8.00. The summed E-state index contributed by atoms with van der Waals surface area (Å²) >= 11 is 0. The summed E-state index contributed by atoms with van der Waals surface area (Å²) in [5.74, 6) is 0.194. The van der Waals surface area contributed by atoms with Gasteiger partial charge in [-0.15, -0.1) is 0 Å². The number of nitriles is 1. The molecule has 8 heteroatoms. The van der Waals surface area contributed by atoms with Gasteiger partial charge in [0.1, 0.15) is 0 Å². The largest absolute Gasteiger partial charge is 0.493 e. The lowest BCUT2D eigenvalue weighted by atomic mass is 10.0. The molecule has 8 nitrogen and oxygen atoms in total. The van der Waals surface area contributed by atoms with Crippen LogP contribution in [0.2, 0.25) is 0 Å². The molecule has 1 fully saturated rings. The topological polar surface area (TPSA) is 107 Å². The molecule has 0 unspecified atom stereocenters. The number of aryl methyl sites for hydroxylation is 1. The summed E-state index contributed by atoms with van der Waals surface area (Å²) in [5, 5.41) is 26.9. The van der Waals surface area contributed by atoms with E-state index in [0.717, 1.165) is 37.2 Å². The van der Waals surface area contributed by atoms with E-state index in [-0.39, 0.29) is 11.8 Å². The number of benzene rings is 1. The fourth-order valence-corrected chi connectivity index (χ4v) is 3.99. The van der Waals surface area contributed by atoms with Crippen LogP contribution in [0, 0.1) is 18.3 Å². The van der Waals surface area contributed by atoms with E-state index in [1.807, 2.05) is 6.92 Å². The minimum Gasteiger partial charge on any atom is -0.493 e. The molecule has 164 valence electrons. The van der Waals surface area contributed by atoms with Crippen LogP contribution in [-0.2, 0) is 0 Å². The van der Waals surface area contributed by atoms with Crippen LogP contribution in [-0.4, -0.2) is 56.9 Å². The number of aromatic nitrogens is 3. The highest BCUT2D eigenvalue weighted by Gasteiger charge is 2.16. The van der Waals surface area contributed by atoms with Gasteiger partial charge >= 0.3 is 0 Å². The lowest BCUT2D eigenvalue weighted by Crippen LogP contribution is -2.28. The van der Waals surface area contributed by atoms with Crippen molar-refractivity contribution in [3.8, 4) is 28.9 Å². The van der Waals surface area contributed by atoms with Gasteiger partial charge in [0.25, 0.3) is 5.91 Å². The van der Waals surface area contributed by atoms with Gasteiger partial charge in [-0.3, -0.25) is 4.79 Å². The van der Waals surface area contributed by atoms with Gasteiger partial charge in [0.15, 0.2) is 5.82 Å². The summed E-state index contributed by atoms with van der Waals surface area (Å²) < 4.78 is 1.32. The molecule has 0 saturated carbocycles. The third kappa shape index (κ3) is 4.63. The number of amides is 1. The van der Waals surface area contributed by atoms with Crippen molar-refractivity contribution < 1.29 is 9.90 Å². The third-order valence-corrected chi connectivity index (χ3v) is 5.75. The monoisotopic (exact) mass is 430 g/mol. The Labute approximate surface area is 187 Å². The summed E-state index contributed by atoms with van der Waals surface area (Å²) in [7, 11) is 0.